The maximum absolute atomic E-state index is 12.8. The number of fused-ring (bicyclic) bond motifs is 4. The van der Waals surface area contributed by atoms with Crippen LogP contribution in [0.1, 0.15) is 36.3 Å². The van der Waals surface area contributed by atoms with Gasteiger partial charge in [0.1, 0.15) is 6.61 Å². The number of aliphatic carboxylic acids is 1. The summed E-state index contributed by atoms with van der Waals surface area (Å²) in [5.41, 5.74) is 4.75. The average molecular weight is 377 g/mol. The maximum Gasteiger partial charge on any atom is 0.410 e. The van der Waals surface area contributed by atoms with Gasteiger partial charge in [-0.3, -0.25) is 4.79 Å². The van der Waals surface area contributed by atoms with Gasteiger partial charge in [0.15, 0.2) is 0 Å². The summed E-state index contributed by atoms with van der Waals surface area (Å²) < 4.78 is 5.75. The monoisotopic (exact) mass is 377 g/mol. The molecule has 2 fully saturated rings. The quantitative estimate of drug-likeness (QED) is 0.874. The molecule has 1 aliphatic heterocycles. The van der Waals surface area contributed by atoms with E-state index >= 15 is 0 Å². The topological polar surface area (TPSA) is 66.8 Å². The Hall–Kier alpha value is -2.82. The number of hydrogen-bond acceptors (Lipinski definition) is 3. The fourth-order valence-electron chi connectivity index (χ4n) is 5.46. The molecule has 1 saturated heterocycles. The Morgan fingerprint density at radius 2 is 1.64 bits per heavy atom. The van der Waals surface area contributed by atoms with Crippen molar-refractivity contribution in [2.24, 2.45) is 11.8 Å². The number of carbonyl (C=O) groups excluding carboxylic acids is 1. The van der Waals surface area contributed by atoms with Gasteiger partial charge < -0.3 is 14.7 Å². The van der Waals surface area contributed by atoms with Crippen molar-refractivity contribution in [3.63, 3.8) is 0 Å². The van der Waals surface area contributed by atoms with Crippen LogP contribution in [-0.2, 0) is 9.53 Å². The Balaban J connectivity index is 1.34. The van der Waals surface area contributed by atoms with E-state index in [1.165, 1.54) is 22.3 Å². The summed E-state index contributed by atoms with van der Waals surface area (Å²) in [6.07, 6.45) is 2.36. The van der Waals surface area contributed by atoms with E-state index in [0.717, 1.165) is 19.3 Å². The molecule has 1 N–H and O–H groups in total. The number of likely N-dealkylation sites (tertiary alicyclic amines) is 1. The van der Waals surface area contributed by atoms with Crippen LogP contribution in [0.4, 0.5) is 4.79 Å². The number of carboxylic acid groups (broad SMARTS) is 1. The maximum atomic E-state index is 12.8. The highest BCUT2D eigenvalue weighted by Crippen LogP contribution is 2.45. The molecule has 2 aromatic rings. The molecule has 5 nitrogen and oxygen atoms in total. The predicted octanol–water partition coefficient (Wildman–Crippen LogP) is 4.12. The van der Waals surface area contributed by atoms with Gasteiger partial charge >= 0.3 is 12.1 Å². The van der Waals surface area contributed by atoms with Gasteiger partial charge in [-0.25, -0.2) is 4.79 Å². The van der Waals surface area contributed by atoms with Crippen molar-refractivity contribution < 1.29 is 19.4 Å². The first kappa shape index (κ1) is 17.3. The van der Waals surface area contributed by atoms with Crippen molar-refractivity contribution >= 4 is 12.1 Å². The second kappa shape index (κ2) is 6.66. The predicted molar refractivity (Wildman–Crippen MR) is 104 cm³/mol. The summed E-state index contributed by atoms with van der Waals surface area (Å²) in [5, 5.41) is 9.50. The van der Waals surface area contributed by atoms with Crippen LogP contribution in [0.15, 0.2) is 48.5 Å². The van der Waals surface area contributed by atoms with Crippen LogP contribution in [0.25, 0.3) is 11.1 Å². The van der Waals surface area contributed by atoms with Crippen LogP contribution < -0.4 is 0 Å². The number of carbonyl (C=O) groups is 2. The fourth-order valence-corrected chi connectivity index (χ4v) is 5.46. The molecule has 0 bridgehead atoms. The van der Waals surface area contributed by atoms with Gasteiger partial charge in [0.2, 0.25) is 0 Å². The standard InChI is InChI=1S/C23H23NO4/c25-22(26)19-12-24(21-11-5-10-18(19)21)23(27)28-13-20-16-8-3-1-6-14(16)15-7-2-4-9-17(15)20/h1-4,6-9,18-21H,5,10-13H2,(H,25,26). The zero-order valence-electron chi connectivity index (χ0n) is 15.6. The number of nitrogens with zero attached hydrogens (tertiary/aromatic N) is 1. The molecule has 5 rings (SSSR count). The lowest BCUT2D eigenvalue weighted by atomic mass is 9.93. The SMILES string of the molecule is O=C(O)C1CN(C(=O)OCC2c3ccccc3-c3ccccc32)C2CCCC12. The molecule has 0 aromatic heterocycles. The molecule has 1 saturated carbocycles. The van der Waals surface area contributed by atoms with Crippen molar-refractivity contribution in [2.75, 3.05) is 13.2 Å². The minimum atomic E-state index is -0.800. The number of carboxylic acids is 1. The minimum Gasteiger partial charge on any atom is -0.481 e. The Morgan fingerprint density at radius 1 is 1.00 bits per heavy atom. The second-order valence-corrected chi connectivity index (χ2v) is 8.06. The number of hydrogen-bond donors (Lipinski definition) is 1. The third-order valence-electron chi connectivity index (χ3n) is 6.73. The number of rotatable bonds is 3. The Morgan fingerprint density at radius 3 is 2.29 bits per heavy atom. The molecule has 5 heteroatoms. The third kappa shape index (κ3) is 2.60. The molecule has 1 amide bonds. The zero-order valence-corrected chi connectivity index (χ0v) is 15.6. The molecular weight excluding hydrogens is 354 g/mol. The van der Waals surface area contributed by atoms with E-state index in [1.807, 2.05) is 24.3 Å². The normalized spacial score (nSPS) is 25.3. The highest BCUT2D eigenvalue weighted by atomic mass is 16.6. The third-order valence-corrected chi connectivity index (χ3v) is 6.73. The first-order chi connectivity index (χ1) is 13.6. The lowest BCUT2D eigenvalue weighted by Gasteiger charge is -2.24. The molecule has 144 valence electrons. The number of ether oxygens (including phenoxy) is 1. The zero-order chi connectivity index (χ0) is 19.3. The summed E-state index contributed by atoms with van der Waals surface area (Å²) in [6, 6.07) is 16.5. The van der Waals surface area contributed by atoms with Crippen LogP contribution in [-0.4, -0.2) is 41.3 Å². The van der Waals surface area contributed by atoms with E-state index in [0.29, 0.717) is 0 Å². The molecule has 0 spiro atoms. The van der Waals surface area contributed by atoms with Crippen molar-refractivity contribution in [2.45, 2.75) is 31.2 Å². The molecule has 1 heterocycles. The van der Waals surface area contributed by atoms with Gasteiger partial charge in [0.25, 0.3) is 0 Å². The van der Waals surface area contributed by atoms with Crippen LogP contribution >= 0.6 is 0 Å². The first-order valence-electron chi connectivity index (χ1n) is 9.99. The summed E-state index contributed by atoms with van der Waals surface area (Å²) in [6.45, 7) is 0.541. The van der Waals surface area contributed by atoms with Crippen LogP contribution in [0, 0.1) is 11.8 Å². The van der Waals surface area contributed by atoms with E-state index in [2.05, 4.69) is 24.3 Å². The van der Waals surface area contributed by atoms with Crippen LogP contribution in [0.5, 0.6) is 0 Å². The average Bonchev–Trinajstić information content (AvgIpc) is 3.38. The van der Waals surface area contributed by atoms with Crippen molar-refractivity contribution in [1.29, 1.82) is 0 Å². The van der Waals surface area contributed by atoms with E-state index in [4.69, 9.17) is 4.74 Å². The Bertz CT molecular complexity index is 894. The van der Waals surface area contributed by atoms with Crippen LogP contribution in [0.2, 0.25) is 0 Å². The Kier molecular flexibility index (Phi) is 4.11. The number of benzene rings is 2. The summed E-state index contributed by atoms with van der Waals surface area (Å²) in [4.78, 5) is 26.1. The van der Waals surface area contributed by atoms with Crippen molar-refractivity contribution in [1.82, 2.24) is 4.90 Å². The van der Waals surface area contributed by atoms with Gasteiger partial charge in [-0.05, 0) is 41.0 Å². The summed E-state index contributed by atoms with van der Waals surface area (Å²) in [5.74, 6) is -1.18. The highest BCUT2D eigenvalue weighted by molar-refractivity contribution is 5.79. The van der Waals surface area contributed by atoms with E-state index in [9.17, 15) is 14.7 Å². The van der Waals surface area contributed by atoms with Gasteiger partial charge in [-0.2, -0.15) is 0 Å². The summed E-state index contributed by atoms with van der Waals surface area (Å²) >= 11 is 0. The van der Waals surface area contributed by atoms with E-state index in [-0.39, 0.29) is 37.1 Å². The second-order valence-electron chi connectivity index (χ2n) is 8.06. The van der Waals surface area contributed by atoms with E-state index < -0.39 is 11.9 Å². The first-order valence-corrected chi connectivity index (χ1v) is 9.99. The lowest BCUT2D eigenvalue weighted by Crippen LogP contribution is -2.37. The number of amides is 1. The fraction of sp³-hybridized carbons (Fsp3) is 0.391. The van der Waals surface area contributed by atoms with Gasteiger partial charge in [0.05, 0.1) is 5.92 Å². The lowest BCUT2D eigenvalue weighted by molar-refractivity contribution is -0.142. The highest BCUT2D eigenvalue weighted by Gasteiger charge is 2.49. The molecule has 3 unspecified atom stereocenters. The molecule has 28 heavy (non-hydrogen) atoms. The molecular formula is C23H23NO4. The van der Waals surface area contributed by atoms with Gasteiger partial charge in [-0.1, -0.05) is 55.0 Å². The molecule has 2 aromatic carbocycles. The molecule has 2 aliphatic carbocycles. The smallest absolute Gasteiger partial charge is 0.410 e. The van der Waals surface area contributed by atoms with Crippen molar-refractivity contribution in [3.8, 4) is 11.1 Å². The molecule has 0 radical (unpaired) electrons. The van der Waals surface area contributed by atoms with Crippen molar-refractivity contribution in [3.05, 3.63) is 59.7 Å². The van der Waals surface area contributed by atoms with E-state index in [1.54, 1.807) is 4.90 Å². The van der Waals surface area contributed by atoms with Gasteiger partial charge in [0, 0.05) is 18.5 Å². The minimum absolute atomic E-state index is 0.0109. The largest absolute Gasteiger partial charge is 0.481 e. The Labute approximate surface area is 163 Å². The van der Waals surface area contributed by atoms with Gasteiger partial charge in [-0.15, -0.1) is 0 Å². The molecule has 3 atom stereocenters. The molecule has 3 aliphatic rings. The summed E-state index contributed by atoms with van der Waals surface area (Å²) in [7, 11) is 0. The van der Waals surface area contributed by atoms with Crippen LogP contribution in [0.3, 0.4) is 0 Å².